The first-order valence-corrected chi connectivity index (χ1v) is 11.5. The van der Waals surface area contributed by atoms with Crippen LogP contribution in [0.3, 0.4) is 0 Å². The molecule has 164 valence electrons. The number of allylic oxidation sites excluding steroid dienone is 3. The second kappa shape index (κ2) is 9.66. The Morgan fingerprint density at radius 3 is 2.31 bits per heavy atom. The Morgan fingerprint density at radius 2 is 1.69 bits per heavy atom. The van der Waals surface area contributed by atoms with Gasteiger partial charge >= 0.3 is 5.97 Å². The molecule has 0 atom stereocenters. The quantitative estimate of drug-likeness (QED) is 0.459. The number of aryl methyl sites for hydroxylation is 1. The molecule has 0 saturated carbocycles. The van der Waals surface area contributed by atoms with Gasteiger partial charge in [-0.1, -0.05) is 73.8 Å². The number of aliphatic carboxylic acids is 1. The summed E-state index contributed by atoms with van der Waals surface area (Å²) in [6.07, 6.45) is 4.46. The van der Waals surface area contributed by atoms with Crippen molar-refractivity contribution in [1.29, 1.82) is 0 Å². The molecule has 1 heterocycles. The molecule has 32 heavy (non-hydrogen) atoms. The third-order valence-corrected chi connectivity index (χ3v) is 7.06. The number of carbonyl (C=O) groups is 1. The maximum absolute atomic E-state index is 13.3. The normalized spacial score (nSPS) is 11.8. The number of hydrogen-bond donors (Lipinski definition) is 1. The maximum atomic E-state index is 13.3. The van der Waals surface area contributed by atoms with Crippen molar-refractivity contribution in [3.05, 3.63) is 114 Å². The fraction of sp³-hybridized carbons (Fsp3) is 0.115. The Kier molecular flexibility index (Phi) is 6.95. The number of sulfone groups is 1. The van der Waals surface area contributed by atoms with E-state index in [1.54, 1.807) is 28.8 Å². The predicted octanol–water partition coefficient (Wildman–Crippen LogP) is 5.17. The van der Waals surface area contributed by atoms with Gasteiger partial charge in [0, 0.05) is 12.1 Å². The fourth-order valence-corrected chi connectivity index (χ4v) is 5.28. The lowest BCUT2D eigenvalue weighted by Crippen LogP contribution is -2.12. The molecule has 0 fully saturated rings. The molecule has 5 nitrogen and oxygen atoms in total. The summed E-state index contributed by atoms with van der Waals surface area (Å²) in [6.45, 7) is 8.88. The van der Waals surface area contributed by atoms with E-state index in [0.717, 1.165) is 22.5 Å². The van der Waals surface area contributed by atoms with Crippen LogP contribution >= 0.6 is 0 Å². The first kappa shape index (κ1) is 23.0. The van der Waals surface area contributed by atoms with E-state index in [9.17, 15) is 18.3 Å². The van der Waals surface area contributed by atoms with Gasteiger partial charge in [0.1, 0.15) is 6.54 Å². The molecule has 0 bridgehead atoms. The molecule has 0 spiro atoms. The van der Waals surface area contributed by atoms with Crippen LogP contribution in [-0.4, -0.2) is 24.1 Å². The third-order valence-electron chi connectivity index (χ3n) is 5.16. The molecule has 0 radical (unpaired) electrons. The molecule has 6 heteroatoms. The highest BCUT2D eigenvalue weighted by atomic mass is 32.2. The van der Waals surface area contributed by atoms with Crippen molar-refractivity contribution >= 4 is 15.8 Å². The van der Waals surface area contributed by atoms with Gasteiger partial charge in [-0.15, -0.1) is 0 Å². The van der Waals surface area contributed by atoms with E-state index < -0.39 is 15.8 Å². The number of aromatic nitrogens is 1. The zero-order valence-electron chi connectivity index (χ0n) is 17.9. The van der Waals surface area contributed by atoms with E-state index in [2.05, 4.69) is 13.2 Å². The molecule has 0 unspecified atom stereocenters. The van der Waals surface area contributed by atoms with Crippen LogP contribution in [0.4, 0.5) is 0 Å². The zero-order chi connectivity index (χ0) is 23.3. The largest absolute Gasteiger partial charge is 0.480 e. The summed E-state index contributed by atoms with van der Waals surface area (Å²) in [5.74, 6) is -0.944. The van der Waals surface area contributed by atoms with Gasteiger partial charge in [0.05, 0.1) is 15.5 Å². The van der Waals surface area contributed by atoms with Crippen LogP contribution in [0.25, 0.3) is 11.3 Å². The maximum Gasteiger partial charge on any atom is 0.323 e. The first-order chi connectivity index (χ1) is 15.3. The second-order valence-corrected chi connectivity index (χ2v) is 9.22. The summed E-state index contributed by atoms with van der Waals surface area (Å²) in [7, 11) is -3.79. The van der Waals surface area contributed by atoms with Crippen LogP contribution in [0.1, 0.15) is 16.8 Å². The Morgan fingerprint density at radius 1 is 1.03 bits per heavy atom. The minimum absolute atomic E-state index is 0.0721. The van der Waals surface area contributed by atoms with Crippen LogP contribution < -0.4 is 0 Å². The van der Waals surface area contributed by atoms with Gasteiger partial charge in [0.2, 0.25) is 9.84 Å². The Hall–Kier alpha value is -3.64. The monoisotopic (exact) mass is 447 g/mol. The summed E-state index contributed by atoms with van der Waals surface area (Å²) < 4.78 is 28.3. The number of benzene rings is 2. The number of carboxylic acids is 1. The first-order valence-electron chi connectivity index (χ1n) is 10.0. The standard InChI is InChI=1S/C26H25NO4S/c1-4-11-23(5-2)32(30,31)24-15-10-9-14-21(24)17-22-16-19(3)27(18-25(28)29)26(22)20-12-7-6-8-13-20/h4-16H,1-2,17-18H2,3H3,(H,28,29). The van der Waals surface area contributed by atoms with Gasteiger partial charge in [-0.3, -0.25) is 4.79 Å². The lowest BCUT2D eigenvalue weighted by atomic mass is 10.0. The highest BCUT2D eigenvalue weighted by Crippen LogP contribution is 2.32. The molecule has 0 amide bonds. The number of hydrogen-bond acceptors (Lipinski definition) is 3. The van der Waals surface area contributed by atoms with Crippen molar-refractivity contribution < 1.29 is 18.3 Å². The van der Waals surface area contributed by atoms with Gasteiger partial charge in [0.25, 0.3) is 0 Å². The molecule has 2 aromatic carbocycles. The van der Waals surface area contributed by atoms with Gasteiger partial charge < -0.3 is 9.67 Å². The molecule has 0 aliphatic carbocycles. The summed E-state index contributed by atoms with van der Waals surface area (Å²) in [4.78, 5) is 11.8. The van der Waals surface area contributed by atoms with E-state index in [1.165, 1.54) is 18.2 Å². The molecular formula is C26H25NO4S. The van der Waals surface area contributed by atoms with E-state index in [-0.39, 0.29) is 16.3 Å². The Balaban J connectivity index is 2.18. The molecule has 3 rings (SSSR count). The van der Waals surface area contributed by atoms with Gasteiger partial charge in [-0.05, 0) is 41.8 Å². The van der Waals surface area contributed by atoms with Crippen LogP contribution in [0.5, 0.6) is 0 Å². The molecule has 0 aliphatic rings. The smallest absolute Gasteiger partial charge is 0.323 e. The highest BCUT2D eigenvalue weighted by molar-refractivity contribution is 7.95. The lowest BCUT2D eigenvalue weighted by molar-refractivity contribution is -0.137. The summed E-state index contributed by atoms with van der Waals surface area (Å²) in [5.41, 5.74) is 3.90. The Bertz CT molecular complexity index is 1300. The van der Waals surface area contributed by atoms with Gasteiger partial charge in [0.15, 0.2) is 0 Å². The van der Waals surface area contributed by atoms with Crippen molar-refractivity contribution in [2.24, 2.45) is 0 Å². The fourth-order valence-electron chi connectivity index (χ4n) is 3.79. The molecule has 1 N–H and O–H groups in total. The van der Waals surface area contributed by atoms with Crippen LogP contribution in [0, 0.1) is 6.92 Å². The second-order valence-electron chi connectivity index (χ2n) is 7.30. The van der Waals surface area contributed by atoms with E-state index in [1.807, 2.05) is 43.3 Å². The molecule has 0 saturated heterocycles. The van der Waals surface area contributed by atoms with E-state index in [4.69, 9.17) is 0 Å². The number of nitrogens with zero attached hydrogens (tertiary/aromatic N) is 1. The van der Waals surface area contributed by atoms with Crippen molar-refractivity contribution in [2.75, 3.05) is 0 Å². The SMILES string of the molecule is C=CC=C(C=C)S(=O)(=O)c1ccccc1Cc1cc(C)n(CC(=O)O)c1-c1ccccc1. The van der Waals surface area contributed by atoms with E-state index in [0.29, 0.717) is 12.0 Å². The van der Waals surface area contributed by atoms with Gasteiger partial charge in [-0.25, -0.2) is 8.42 Å². The topological polar surface area (TPSA) is 76.4 Å². The average Bonchev–Trinajstić information content (AvgIpc) is 3.06. The zero-order valence-corrected chi connectivity index (χ0v) is 18.7. The third kappa shape index (κ3) is 4.65. The number of carboxylic acid groups (broad SMARTS) is 1. The van der Waals surface area contributed by atoms with Crippen molar-refractivity contribution in [3.63, 3.8) is 0 Å². The number of rotatable bonds is 9. The van der Waals surface area contributed by atoms with Crippen LogP contribution in [0.15, 0.2) is 102 Å². The average molecular weight is 448 g/mol. The molecule has 0 aliphatic heterocycles. The van der Waals surface area contributed by atoms with Crippen molar-refractivity contribution in [1.82, 2.24) is 4.57 Å². The molecular weight excluding hydrogens is 422 g/mol. The molecule has 3 aromatic rings. The highest BCUT2D eigenvalue weighted by Gasteiger charge is 2.23. The minimum Gasteiger partial charge on any atom is -0.480 e. The Labute approximate surface area is 188 Å². The summed E-state index contributed by atoms with van der Waals surface area (Å²) >= 11 is 0. The van der Waals surface area contributed by atoms with Crippen molar-refractivity contribution in [2.45, 2.75) is 24.8 Å². The summed E-state index contributed by atoms with van der Waals surface area (Å²) in [6, 6.07) is 18.3. The van der Waals surface area contributed by atoms with E-state index >= 15 is 0 Å². The lowest BCUT2D eigenvalue weighted by Gasteiger charge is -2.14. The summed E-state index contributed by atoms with van der Waals surface area (Å²) in [5, 5.41) is 9.43. The predicted molar refractivity (Wildman–Crippen MR) is 127 cm³/mol. The molecule has 1 aromatic heterocycles. The minimum atomic E-state index is -3.79. The van der Waals surface area contributed by atoms with Crippen LogP contribution in [-0.2, 0) is 27.6 Å². The van der Waals surface area contributed by atoms with Gasteiger partial charge in [-0.2, -0.15) is 0 Å². The van der Waals surface area contributed by atoms with Crippen molar-refractivity contribution in [3.8, 4) is 11.3 Å². The van der Waals surface area contributed by atoms with Crippen LogP contribution in [0.2, 0.25) is 0 Å².